The van der Waals surface area contributed by atoms with Crippen molar-refractivity contribution in [3.05, 3.63) is 54.1 Å². The maximum Gasteiger partial charge on any atom is 0.346 e. The van der Waals surface area contributed by atoms with Crippen LogP contribution in [0.15, 0.2) is 48.5 Å². The molecular formula is C19H24ClN5O2. The molecule has 144 valence electrons. The Bertz CT molecular complexity index is 839. The molecule has 8 heteroatoms. The number of para-hydroxylation sites is 1. The summed E-state index contributed by atoms with van der Waals surface area (Å²) in [4.78, 5) is 0. The van der Waals surface area contributed by atoms with Crippen LogP contribution in [0.25, 0.3) is 5.69 Å². The lowest BCUT2D eigenvalue weighted by Crippen LogP contribution is -2.18. The molecule has 0 fully saturated rings. The Balaban J connectivity index is 0.00000261. The van der Waals surface area contributed by atoms with Gasteiger partial charge in [-0.3, -0.25) is 0 Å². The maximum atomic E-state index is 5.91. The number of ether oxygens (including phenoxy) is 2. The summed E-state index contributed by atoms with van der Waals surface area (Å²) in [6.45, 7) is 6.10. The van der Waals surface area contributed by atoms with Gasteiger partial charge in [0.1, 0.15) is 0 Å². The average molecular weight is 390 g/mol. The SMILES string of the molecule is COc1cc(CNCC(C)C)ccc1Oc1nnnn1-c1ccccc1.Cl. The lowest BCUT2D eigenvalue weighted by Gasteiger charge is -2.12. The fourth-order valence-electron chi connectivity index (χ4n) is 2.48. The molecule has 0 atom stereocenters. The van der Waals surface area contributed by atoms with Crippen LogP contribution >= 0.6 is 12.4 Å². The Morgan fingerprint density at radius 1 is 1.07 bits per heavy atom. The summed E-state index contributed by atoms with van der Waals surface area (Å²) in [6.07, 6.45) is 0. The van der Waals surface area contributed by atoms with E-state index in [2.05, 4.69) is 34.7 Å². The van der Waals surface area contributed by atoms with E-state index in [9.17, 15) is 0 Å². The van der Waals surface area contributed by atoms with Gasteiger partial charge in [0.05, 0.1) is 12.8 Å². The van der Waals surface area contributed by atoms with Gasteiger partial charge in [0, 0.05) is 6.54 Å². The number of aromatic nitrogens is 4. The van der Waals surface area contributed by atoms with Gasteiger partial charge in [-0.25, -0.2) is 0 Å². The summed E-state index contributed by atoms with van der Waals surface area (Å²) in [7, 11) is 1.62. The highest BCUT2D eigenvalue weighted by Gasteiger charge is 2.14. The van der Waals surface area contributed by atoms with Crippen LogP contribution in [0.4, 0.5) is 0 Å². The molecule has 0 spiro atoms. The Labute approximate surface area is 165 Å². The summed E-state index contributed by atoms with van der Waals surface area (Å²) in [6, 6.07) is 15.7. The highest BCUT2D eigenvalue weighted by atomic mass is 35.5. The first-order chi connectivity index (χ1) is 12.7. The predicted octanol–water partition coefficient (Wildman–Crippen LogP) is 3.63. The number of rotatable bonds is 8. The zero-order valence-corrected chi connectivity index (χ0v) is 16.4. The van der Waals surface area contributed by atoms with E-state index < -0.39 is 0 Å². The molecule has 0 bridgehead atoms. The van der Waals surface area contributed by atoms with Gasteiger partial charge in [0.25, 0.3) is 0 Å². The highest BCUT2D eigenvalue weighted by Crippen LogP contribution is 2.32. The number of nitrogens with zero attached hydrogens (tertiary/aromatic N) is 4. The summed E-state index contributed by atoms with van der Waals surface area (Å²) < 4.78 is 12.9. The number of methoxy groups -OCH3 is 1. The summed E-state index contributed by atoms with van der Waals surface area (Å²) in [5.41, 5.74) is 1.94. The van der Waals surface area contributed by atoms with Gasteiger partial charge >= 0.3 is 6.01 Å². The molecule has 2 aromatic carbocycles. The molecule has 0 aliphatic heterocycles. The Kier molecular flexibility index (Phi) is 7.57. The standard InChI is InChI=1S/C19H23N5O2.ClH/c1-14(2)12-20-13-15-9-10-17(18(11-15)25-3)26-19-21-22-23-24(19)16-7-5-4-6-8-16;/h4-11,14,20H,12-13H2,1-3H3;1H. The van der Waals surface area contributed by atoms with Crippen molar-refractivity contribution in [2.24, 2.45) is 5.92 Å². The third-order valence-corrected chi connectivity index (χ3v) is 3.75. The molecule has 0 amide bonds. The number of hydrogen-bond donors (Lipinski definition) is 1. The van der Waals surface area contributed by atoms with E-state index in [0.29, 0.717) is 17.4 Å². The van der Waals surface area contributed by atoms with Crippen molar-refractivity contribution < 1.29 is 9.47 Å². The number of hydrogen-bond acceptors (Lipinski definition) is 6. The van der Waals surface area contributed by atoms with Crippen molar-refractivity contribution in [1.29, 1.82) is 0 Å². The molecule has 1 heterocycles. The van der Waals surface area contributed by atoms with Crippen LogP contribution in [0, 0.1) is 5.92 Å². The van der Waals surface area contributed by atoms with Gasteiger partial charge in [0.15, 0.2) is 11.5 Å². The highest BCUT2D eigenvalue weighted by molar-refractivity contribution is 5.85. The molecule has 7 nitrogen and oxygen atoms in total. The second kappa shape index (κ2) is 9.89. The van der Waals surface area contributed by atoms with Crippen molar-refractivity contribution in [3.63, 3.8) is 0 Å². The lowest BCUT2D eigenvalue weighted by molar-refractivity contribution is 0.362. The topological polar surface area (TPSA) is 74.1 Å². The van der Waals surface area contributed by atoms with Crippen LogP contribution in [-0.4, -0.2) is 33.9 Å². The van der Waals surface area contributed by atoms with Gasteiger partial charge < -0.3 is 14.8 Å². The van der Waals surface area contributed by atoms with Gasteiger partial charge in [0.2, 0.25) is 0 Å². The monoisotopic (exact) mass is 389 g/mol. The fourth-order valence-corrected chi connectivity index (χ4v) is 2.48. The van der Waals surface area contributed by atoms with Gasteiger partial charge in [-0.05, 0) is 52.7 Å². The van der Waals surface area contributed by atoms with E-state index in [1.54, 1.807) is 7.11 Å². The van der Waals surface area contributed by atoms with E-state index in [1.807, 2.05) is 48.5 Å². The quantitative estimate of drug-likeness (QED) is 0.634. The van der Waals surface area contributed by atoms with Crippen LogP contribution in [0.2, 0.25) is 0 Å². The Hall–Kier alpha value is -2.64. The minimum atomic E-state index is 0. The minimum absolute atomic E-state index is 0. The van der Waals surface area contributed by atoms with Crippen molar-refractivity contribution in [2.45, 2.75) is 20.4 Å². The molecule has 0 aliphatic carbocycles. The van der Waals surface area contributed by atoms with Crippen molar-refractivity contribution in [2.75, 3.05) is 13.7 Å². The normalized spacial score (nSPS) is 10.5. The van der Waals surface area contributed by atoms with E-state index in [0.717, 1.165) is 24.3 Å². The van der Waals surface area contributed by atoms with E-state index in [-0.39, 0.29) is 18.4 Å². The number of halogens is 1. The first kappa shape index (κ1) is 20.7. The molecule has 27 heavy (non-hydrogen) atoms. The van der Waals surface area contributed by atoms with E-state index in [1.165, 1.54) is 4.68 Å². The summed E-state index contributed by atoms with van der Waals surface area (Å²) >= 11 is 0. The molecule has 3 rings (SSSR count). The summed E-state index contributed by atoms with van der Waals surface area (Å²) in [5, 5.41) is 15.1. The summed E-state index contributed by atoms with van der Waals surface area (Å²) in [5.74, 6) is 1.81. The number of nitrogens with one attached hydrogen (secondary N) is 1. The van der Waals surface area contributed by atoms with Crippen molar-refractivity contribution in [3.8, 4) is 23.2 Å². The maximum absolute atomic E-state index is 5.91. The van der Waals surface area contributed by atoms with Crippen molar-refractivity contribution in [1.82, 2.24) is 25.5 Å². The van der Waals surface area contributed by atoms with Gasteiger partial charge in [-0.15, -0.1) is 12.4 Å². The second-order valence-corrected chi connectivity index (χ2v) is 6.32. The molecule has 0 saturated heterocycles. The second-order valence-electron chi connectivity index (χ2n) is 6.32. The zero-order chi connectivity index (χ0) is 18.4. The fraction of sp³-hybridized carbons (Fsp3) is 0.316. The molecule has 0 aliphatic rings. The first-order valence-corrected chi connectivity index (χ1v) is 8.56. The lowest BCUT2D eigenvalue weighted by atomic mass is 10.2. The van der Waals surface area contributed by atoms with Crippen LogP contribution < -0.4 is 14.8 Å². The first-order valence-electron chi connectivity index (χ1n) is 8.56. The minimum Gasteiger partial charge on any atom is -0.493 e. The third-order valence-electron chi connectivity index (χ3n) is 3.75. The Morgan fingerprint density at radius 2 is 1.85 bits per heavy atom. The van der Waals surface area contributed by atoms with E-state index in [4.69, 9.17) is 9.47 Å². The van der Waals surface area contributed by atoms with Gasteiger partial charge in [-0.2, -0.15) is 4.68 Å². The molecule has 1 aromatic heterocycles. The van der Waals surface area contributed by atoms with Crippen LogP contribution in [-0.2, 0) is 6.54 Å². The third kappa shape index (κ3) is 5.42. The van der Waals surface area contributed by atoms with Crippen LogP contribution in [0.5, 0.6) is 17.5 Å². The van der Waals surface area contributed by atoms with Crippen LogP contribution in [0.3, 0.4) is 0 Å². The van der Waals surface area contributed by atoms with Crippen LogP contribution in [0.1, 0.15) is 19.4 Å². The molecule has 1 N–H and O–H groups in total. The van der Waals surface area contributed by atoms with Gasteiger partial charge in [-0.1, -0.05) is 43.2 Å². The smallest absolute Gasteiger partial charge is 0.346 e. The molecule has 0 radical (unpaired) electrons. The predicted molar refractivity (Wildman–Crippen MR) is 106 cm³/mol. The largest absolute Gasteiger partial charge is 0.493 e. The van der Waals surface area contributed by atoms with E-state index >= 15 is 0 Å². The Morgan fingerprint density at radius 3 is 2.56 bits per heavy atom. The van der Waals surface area contributed by atoms with Crippen molar-refractivity contribution >= 4 is 12.4 Å². The molecule has 0 saturated carbocycles. The zero-order valence-electron chi connectivity index (χ0n) is 15.6. The number of benzene rings is 2. The number of tetrazole rings is 1. The average Bonchev–Trinajstić information content (AvgIpc) is 3.11. The molecular weight excluding hydrogens is 366 g/mol. The molecule has 0 unspecified atom stereocenters. The molecule has 3 aromatic rings.